The van der Waals surface area contributed by atoms with Gasteiger partial charge < -0.3 is 19.2 Å². The second-order valence-electron chi connectivity index (χ2n) is 8.44. The van der Waals surface area contributed by atoms with Crippen LogP contribution in [-0.2, 0) is 11.3 Å². The zero-order valence-electron chi connectivity index (χ0n) is 19.0. The number of amides is 1. The molecule has 32 heavy (non-hydrogen) atoms. The molecular formula is C25H30N2O5. The predicted molar refractivity (Wildman–Crippen MR) is 122 cm³/mol. The molecule has 1 aromatic heterocycles. The summed E-state index contributed by atoms with van der Waals surface area (Å²) in [6, 6.07) is 13.8. The van der Waals surface area contributed by atoms with E-state index in [1.165, 1.54) is 0 Å². The van der Waals surface area contributed by atoms with E-state index < -0.39 is 17.9 Å². The van der Waals surface area contributed by atoms with Gasteiger partial charge in [0, 0.05) is 0 Å². The van der Waals surface area contributed by atoms with Gasteiger partial charge in [0.1, 0.15) is 18.4 Å². The summed E-state index contributed by atoms with van der Waals surface area (Å²) < 4.78 is 16.8. The molecule has 1 N–H and O–H groups in total. The minimum atomic E-state index is -0.836. The van der Waals surface area contributed by atoms with Crippen molar-refractivity contribution in [1.29, 1.82) is 0 Å². The quantitative estimate of drug-likeness (QED) is 0.427. The summed E-state index contributed by atoms with van der Waals surface area (Å²) in [7, 11) is 0. The number of nitrogens with zero attached hydrogens (tertiary/aromatic N) is 1. The highest BCUT2D eigenvalue weighted by Gasteiger charge is 2.30. The van der Waals surface area contributed by atoms with Crippen molar-refractivity contribution >= 4 is 23.0 Å². The van der Waals surface area contributed by atoms with Gasteiger partial charge in [-0.05, 0) is 36.0 Å². The maximum atomic E-state index is 13.1. The van der Waals surface area contributed by atoms with Gasteiger partial charge in [-0.1, -0.05) is 64.1 Å². The van der Waals surface area contributed by atoms with Crippen LogP contribution in [0.4, 0.5) is 4.79 Å². The van der Waals surface area contributed by atoms with Crippen LogP contribution in [0.3, 0.4) is 0 Å². The molecule has 1 amide bonds. The molecule has 170 valence electrons. The first-order valence-electron chi connectivity index (χ1n) is 10.9. The van der Waals surface area contributed by atoms with E-state index in [2.05, 4.69) is 24.1 Å². The molecule has 0 radical (unpaired) electrons. The summed E-state index contributed by atoms with van der Waals surface area (Å²) in [5, 5.41) is 2.65. The number of nitrogens with one attached hydrogen (secondary N) is 1. The molecule has 3 rings (SSSR count). The molecule has 0 aliphatic heterocycles. The summed E-state index contributed by atoms with van der Waals surface area (Å²) in [6.07, 6.45) is 0.236. The van der Waals surface area contributed by atoms with E-state index in [1.807, 2.05) is 44.2 Å². The molecular weight excluding hydrogens is 408 g/mol. The summed E-state index contributed by atoms with van der Waals surface area (Å²) in [4.78, 5) is 29.8. The van der Waals surface area contributed by atoms with Crippen molar-refractivity contribution in [3.05, 3.63) is 60.0 Å². The molecule has 0 fully saturated rings. The smallest absolute Gasteiger partial charge is 0.408 e. The van der Waals surface area contributed by atoms with Gasteiger partial charge in [0.25, 0.3) is 5.89 Å². The van der Waals surface area contributed by atoms with Crippen molar-refractivity contribution in [2.24, 2.45) is 11.8 Å². The normalized spacial score (nSPS) is 12.2. The first-order valence-corrected chi connectivity index (χ1v) is 10.9. The molecule has 0 saturated carbocycles. The first kappa shape index (κ1) is 23.3. The SMILES string of the molecule is CC(C)CCOc1cccc2oc(C(=O)[C@@H](NC(=O)OCc3ccccc3)C(C)C)nc12. The number of rotatable bonds is 10. The molecule has 0 spiro atoms. The summed E-state index contributed by atoms with van der Waals surface area (Å²) >= 11 is 0. The van der Waals surface area contributed by atoms with Crippen LogP contribution in [-0.4, -0.2) is 29.5 Å². The van der Waals surface area contributed by atoms with Crippen molar-refractivity contribution < 1.29 is 23.5 Å². The third-order valence-electron chi connectivity index (χ3n) is 4.98. The number of alkyl carbamates (subject to hydrolysis) is 1. The fourth-order valence-corrected chi connectivity index (χ4v) is 3.11. The Labute approximate surface area is 188 Å². The molecule has 2 aromatic carbocycles. The van der Waals surface area contributed by atoms with E-state index >= 15 is 0 Å². The number of Topliss-reactive ketones (excluding diaryl/α,β-unsaturated/α-hetero) is 1. The van der Waals surface area contributed by atoms with E-state index in [1.54, 1.807) is 18.2 Å². The Morgan fingerprint density at radius 2 is 1.78 bits per heavy atom. The Kier molecular flexibility index (Phi) is 7.87. The maximum Gasteiger partial charge on any atom is 0.408 e. The third-order valence-corrected chi connectivity index (χ3v) is 4.98. The van der Waals surface area contributed by atoms with Crippen LogP contribution in [0.5, 0.6) is 5.75 Å². The largest absolute Gasteiger partial charge is 0.491 e. The Morgan fingerprint density at radius 3 is 2.47 bits per heavy atom. The van der Waals surface area contributed by atoms with E-state index in [-0.39, 0.29) is 18.4 Å². The van der Waals surface area contributed by atoms with Gasteiger partial charge in [0.15, 0.2) is 11.1 Å². The first-order chi connectivity index (χ1) is 15.3. The molecule has 0 aliphatic carbocycles. The number of oxazole rings is 1. The second kappa shape index (κ2) is 10.8. The highest BCUT2D eigenvalue weighted by molar-refractivity contribution is 6.00. The topological polar surface area (TPSA) is 90.7 Å². The summed E-state index contributed by atoms with van der Waals surface area (Å²) in [5.41, 5.74) is 1.82. The summed E-state index contributed by atoms with van der Waals surface area (Å²) in [6.45, 7) is 8.59. The average molecular weight is 439 g/mol. The van der Waals surface area contributed by atoms with Crippen molar-refractivity contribution in [2.45, 2.75) is 46.8 Å². The van der Waals surface area contributed by atoms with Crippen LogP contribution in [0, 0.1) is 11.8 Å². The molecule has 3 aromatic rings. The molecule has 0 saturated heterocycles. The van der Waals surface area contributed by atoms with Crippen LogP contribution in [0.1, 0.15) is 50.4 Å². The minimum absolute atomic E-state index is 0.0676. The van der Waals surface area contributed by atoms with Crippen molar-refractivity contribution in [3.63, 3.8) is 0 Å². The monoisotopic (exact) mass is 438 g/mol. The number of carbonyl (C=O) groups is 2. The van der Waals surface area contributed by atoms with E-state index in [4.69, 9.17) is 13.9 Å². The number of fused-ring (bicyclic) bond motifs is 1. The van der Waals surface area contributed by atoms with Crippen LogP contribution >= 0.6 is 0 Å². The van der Waals surface area contributed by atoms with Gasteiger partial charge in [-0.25, -0.2) is 9.78 Å². The lowest BCUT2D eigenvalue weighted by Crippen LogP contribution is -2.44. The number of hydrogen-bond donors (Lipinski definition) is 1. The van der Waals surface area contributed by atoms with Crippen LogP contribution < -0.4 is 10.1 Å². The highest BCUT2D eigenvalue weighted by atomic mass is 16.5. The summed E-state index contributed by atoms with van der Waals surface area (Å²) in [5.74, 6) is 0.414. The fourth-order valence-electron chi connectivity index (χ4n) is 3.11. The maximum absolute atomic E-state index is 13.1. The lowest BCUT2D eigenvalue weighted by molar-refractivity contribution is 0.0855. The molecule has 1 heterocycles. The molecule has 0 unspecified atom stereocenters. The molecule has 0 aliphatic rings. The molecule has 1 atom stereocenters. The van der Waals surface area contributed by atoms with E-state index in [0.717, 1.165) is 12.0 Å². The Bertz CT molecular complexity index is 1040. The number of benzene rings is 2. The van der Waals surface area contributed by atoms with E-state index in [0.29, 0.717) is 29.4 Å². The molecule has 7 heteroatoms. The van der Waals surface area contributed by atoms with Gasteiger partial charge in [-0.3, -0.25) is 4.79 Å². The lowest BCUT2D eigenvalue weighted by atomic mass is 10.00. The van der Waals surface area contributed by atoms with Crippen LogP contribution in [0.25, 0.3) is 11.1 Å². The van der Waals surface area contributed by atoms with Crippen molar-refractivity contribution in [3.8, 4) is 5.75 Å². The van der Waals surface area contributed by atoms with Crippen molar-refractivity contribution in [1.82, 2.24) is 10.3 Å². The predicted octanol–water partition coefficient (Wildman–Crippen LogP) is 5.39. The van der Waals surface area contributed by atoms with Gasteiger partial charge in [-0.2, -0.15) is 0 Å². The van der Waals surface area contributed by atoms with Crippen LogP contribution in [0.15, 0.2) is 52.9 Å². The number of para-hydroxylation sites is 1. The average Bonchev–Trinajstić information content (AvgIpc) is 3.21. The van der Waals surface area contributed by atoms with Gasteiger partial charge in [0.2, 0.25) is 5.78 Å². The third kappa shape index (κ3) is 6.09. The zero-order chi connectivity index (χ0) is 23.1. The lowest BCUT2D eigenvalue weighted by Gasteiger charge is -2.19. The van der Waals surface area contributed by atoms with Crippen molar-refractivity contribution in [2.75, 3.05) is 6.61 Å². The van der Waals surface area contributed by atoms with Gasteiger partial charge >= 0.3 is 6.09 Å². The highest BCUT2D eigenvalue weighted by Crippen LogP contribution is 2.27. The minimum Gasteiger partial charge on any atom is -0.491 e. The van der Waals surface area contributed by atoms with E-state index in [9.17, 15) is 9.59 Å². The van der Waals surface area contributed by atoms with Crippen LogP contribution in [0.2, 0.25) is 0 Å². The number of carbonyl (C=O) groups excluding carboxylic acids is 2. The molecule has 7 nitrogen and oxygen atoms in total. The second-order valence-corrected chi connectivity index (χ2v) is 8.44. The molecule has 0 bridgehead atoms. The standard InChI is InChI=1S/C25H30N2O5/c1-16(2)13-14-30-19-11-8-12-20-22(19)26-24(32-20)23(28)21(17(3)4)27-25(29)31-15-18-9-6-5-7-10-18/h5-12,16-17,21H,13-15H2,1-4H3,(H,27,29)/t21-/m0/s1. The zero-order valence-corrected chi connectivity index (χ0v) is 19.0. The Hall–Kier alpha value is -3.35. The fraction of sp³-hybridized carbons (Fsp3) is 0.400. The number of ketones is 1. The number of ether oxygens (including phenoxy) is 2. The number of hydrogen-bond acceptors (Lipinski definition) is 6. The Morgan fingerprint density at radius 1 is 1.03 bits per heavy atom. The van der Waals surface area contributed by atoms with Gasteiger partial charge in [0.05, 0.1) is 6.61 Å². The van der Waals surface area contributed by atoms with Gasteiger partial charge in [-0.15, -0.1) is 0 Å². The Balaban J connectivity index is 1.70. The number of aromatic nitrogens is 1.